The van der Waals surface area contributed by atoms with Crippen molar-refractivity contribution in [2.75, 3.05) is 0 Å². The fourth-order valence-corrected chi connectivity index (χ4v) is 4.20. The summed E-state index contributed by atoms with van der Waals surface area (Å²) in [5, 5.41) is 0. The monoisotopic (exact) mass is 344 g/mol. The van der Waals surface area contributed by atoms with Gasteiger partial charge in [-0.05, 0) is 65.0 Å². The van der Waals surface area contributed by atoms with Crippen LogP contribution in [0.3, 0.4) is 0 Å². The molecular weight excluding hydrogens is 312 g/mol. The number of fused-ring (bicyclic) bond motifs is 2. The van der Waals surface area contributed by atoms with Gasteiger partial charge in [0.2, 0.25) is 0 Å². The van der Waals surface area contributed by atoms with E-state index in [-0.39, 0.29) is 5.41 Å². The molecule has 26 heavy (non-hydrogen) atoms. The van der Waals surface area contributed by atoms with Gasteiger partial charge in [-0.1, -0.05) is 88.4 Å². The second kappa shape index (κ2) is 7.27. The average Bonchev–Trinajstić information content (AvgIpc) is 2.62. The summed E-state index contributed by atoms with van der Waals surface area (Å²) in [6, 6.07) is 18.0. The number of hydrogen-bond donors (Lipinski definition) is 0. The normalized spacial score (nSPS) is 20.0. The van der Waals surface area contributed by atoms with Crippen molar-refractivity contribution in [2.24, 2.45) is 5.41 Å². The van der Waals surface area contributed by atoms with Crippen molar-refractivity contribution in [3.8, 4) is 0 Å². The molecule has 1 aliphatic rings. The number of rotatable bonds is 3. The molecule has 0 fully saturated rings. The van der Waals surface area contributed by atoms with Crippen LogP contribution in [0.25, 0.3) is 11.1 Å². The largest absolute Gasteiger partial charge is 0.0992 e. The molecule has 0 radical (unpaired) electrons. The first-order valence-electron chi connectivity index (χ1n) is 9.87. The zero-order chi connectivity index (χ0) is 18.9. The van der Waals surface area contributed by atoms with Gasteiger partial charge in [-0.25, -0.2) is 0 Å². The van der Waals surface area contributed by atoms with E-state index in [0.29, 0.717) is 5.92 Å². The van der Waals surface area contributed by atoms with Crippen molar-refractivity contribution in [1.29, 1.82) is 0 Å². The van der Waals surface area contributed by atoms with E-state index in [1.54, 1.807) is 0 Å². The Morgan fingerprint density at radius 3 is 2.27 bits per heavy atom. The van der Waals surface area contributed by atoms with Crippen LogP contribution in [0.4, 0.5) is 0 Å². The summed E-state index contributed by atoms with van der Waals surface area (Å²) in [6.07, 6.45) is 3.15. The second-order valence-corrected chi connectivity index (χ2v) is 8.85. The van der Waals surface area contributed by atoms with Crippen molar-refractivity contribution in [2.45, 2.75) is 59.8 Å². The summed E-state index contributed by atoms with van der Waals surface area (Å²) in [5.74, 6) is 0.389. The fourth-order valence-electron chi connectivity index (χ4n) is 4.20. The first-order valence-corrected chi connectivity index (χ1v) is 9.87. The zero-order valence-corrected chi connectivity index (χ0v) is 17.0. The van der Waals surface area contributed by atoms with Crippen molar-refractivity contribution >= 4 is 11.1 Å². The highest BCUT2D eigenvalue weighted by Crippen LogP contribution is 2.44. The van der Waals surface area contributed by atoms with Gasteiger partial charge in [0, 0.05) is 5.92 Å². The minimum Gasteiger partial charge on any atom is -0.0992 e. The van der Waals surface area contributed by atoms with Crippen LogP contribution in [-0.2, 0) is 6.42 Å². The van der Waals surface area contributed by atoms with E-state index in [4.69, 9.17) is 0 Å². The first kappa shape index (κ1) is 18.7. The molecule has 2 aromatic rings. The van der Waals surface area contributed by atoms with E-state index in [1.807, 2.05) is 0 Å². The van der Waals surface area contributed by atoms with Crippen LogP contribution in [-0.4, -0.2) is 0 Å². The lowest BCUT2D eigenvalue weighted by atomic mass is 9.73. The maximum Gasteiger partial charge on any atom is 0.00920 e. The molecule has 3 rings (SSSR count). The van der Waals surface area contributed by atoms with Crippen LogP contribution in [0.15, 0.2) is 60.7 Å². The van der Waals surface area contributed by atoms with Gasteiger partial charge < -0.3 is 0 Å². The average molecular weight is 345 g/mol. The Morgan fingerprint density at radius 2 is 1.62 bits per heavy atom. The molecule has 0 heterocycles. The molecule has 136 valence electrons. The summed E-state index contributed by atoms with van der Waals surface area (Å²) in [7, 11) is 0. The van der Waals surface area contributed by atoms with Gasteiger partial charge in [0.1, 0.15) is 0 Å². The topological polar surface area (TPSA) is 0 Å². The molecule has 0 aliphatic heterocycles. The van der Waals surface area contributed by atoms with E-state index in [0.717, 1.165) is 19.3 Å². The fraction of sp³-hybridized carbons (Fsp3) is 0.385. The molecule has 0 bridgehead atoms. The third-order valence-electron chi connectivity index (χ3n) is 5.61. The molecule has 0 saturated carbocycles. The van der Waals surface area contributed by atoms with Gasteiger partial charge in [0.15, 0.2) is 0 Å². The standard InChI is InChI=1S/C26H32/c1-7-18(2)24-16-20-12-8-9-13-21(20)19(3)25(17-26(4,5)6)23-15-11-10-14-22(23)24/h8-15,24H,2,7,16-17H2,1,3-6H3/b25-19-. The maximum atomic E-state index is 4.44. The molecule has 0 nitrogen and oxygen atoms in total. The Kier molecular flexibility index (Phi) is 5.23. The van der Waals surface area contributed by atoms with Gasteiger partial charge >= 0.3 is 0 Å². The van der Waals surface area contributed by atoms with Crippen LogP contribution >= 0.6 is 0 Å². The minimum absolute atomic E-state index is 0.245. The number of hydrogen-bond acceptors (Lipinski definition) is 0. The van der Waals surface area contributed by atoms with Crippen molar-refractivity contribution in [1.82, 2.24) is 0 Å². The lowest BCUT2D eigenvalue weighted by molar-refractivity contribution is 0.427. The van der Waals surface area contributed by atoms with E-state index in [2.05, 4.69) is 89.7 Å². The van der Waals surface area contributed by atoms with Crippen LogP contribution in [0.2, 0.25) is 0 Å². The van der Waals surface area contributed by atoms with Crippen LogP contribution in [0.5, 0.6) is 0 Å². The number of allylic oxidation sites excluding steroid dienone is 3. The second-order valence-electron chi connectivity index (χ2n) is 8.85. The predicted molar refractivity (Wildman–Crippen MR) is 115 cm³/mol. The van der Waals surface area contributed by atoms with Crippen LogP contribution in [0.1, 0.15) is 75.6 Å². The van der Waals surface area contributed by atoms with E-state index < -0.39 is 0 Å². The highest BCUT2D eigenvalue weighted by Gasteiger charge is 2.27. The lowest BCUT2D eigenvalue weighted by Crippen LogP contribution is -2.15. The highest BCUT2D eigenvalue weighted by molar-refractivity contribution is 5.92. The molecule has 0 aromatic heterocycles. The van der Waals surface area contributed by atoms with E-state index >= 15 is 0 Å². The summed E-state index contributed by atoms with van der Waals surface area (Å²) in [6.45, 7) is 16.0. The Labute approximate surface area is 159 Å². The molecule has 1 aliphatic carbocycles. The predicted octanol–water partition coefficient (Wildman–Crippen LogP) is 7.66. The summed E-state index contributed by atoms with van der Waals surface area (Å²) < 4.78 is 0. The lowest BCUT2D eigenvalue weighted by Gasteiger charge is -2.31. The Balaban J connectivity index is 2.32. The molecule has 1 unspecified atom stereocenters. The number of benzene rings is 2. The summed E-state index contributed by atoms with van der Waals surface area (Å²) in [5.41, 5.74) is 10.2. The SMILES string of the molecule is C=C(CC)C1Cc2ccccc2/C(C)=C(/CC(C)(C)C)c2ccccc21. The third kappa shape index (κ3) is 3.70. The van der Waals surface area contributed by atoms with Crippen molar-refractivity contribution in [3.05, 3.63) is 82.9 Å². The third-order valence-corrected chi connectivity index (χ3v) is 5.61. The van der Waals surface area contributed by atoms with Gasteiger partial charge in [0.25, 0.3) is 0 Å². The van der Waals surface area contributed by atoms with Crippen molar-refractivity contribution in [3.63, 3.8) is 0 Å². The van der Waals surface area contributed by atoms with Crippen molar-refractivity contribution < 1.29 is 0 Å². The van der Waals surface area contributed by atoms with Gasteiger partial charge in [-0.15, -0.1) is 0 Å². The smallest absolute Gasteiger partial charge is 0.00920 e. The van der Waals surface area contributed by atoms with Crippen LogP contribution in [0, 0.1) is 5.41 Å². The summed E-state index contributed by atoms with van der Waals surface area (Å²) >= 11 is 0. The molecule has 0 N–H and O–H groups in total. The maximum absolute atomic E-state index is 4.44. The van der Waals surface area contributed by atoms with E-state index in [9.17, 15) is 0 Å². The molecular formula is C26H32. The molecule has 0 saturated heterocycles. The highest BCUT2D eigenvalue weighted by atomic mass is 14.3. The van der Waals surface area contributed by atoms with Gasteiger partial charge in [0.05, 0.1) is 0 Å². The van der Waals surface area contributed by atoms with E-state index in [1.165, 1.54) is 39.0 Å². The minimum atomic E-state index is 0.245. The summed E-state index contributed by atoms with van der Waals surface area (Å²) in [4.78, 5) is 0. The first-order chi connectivity index (χ1) is 12.3. The van der Waals surface area contributed by atoms with Gasteiger partial charge in [-0.3, -0.25) is 0 Å². The van der Waals surface area contributed by atoms with Gasteiger partial charge in [-0.2, -0.15) is 0 Å². The molecule has 0 amide bonds. The Morgan fingerprint density at radius 1 is 1.00 bits per heavy atom. The molecule has 0 spiro atoms. The quantitative estimate of drug-likeness (QED) is 0.501. The van der Waals surface area contributed by atoms with Crippen LogP contribution < -0.4 is 0 Å². The Bertz CT molecular complexity index is 842. The molecule has 1 atom stereocenters. The molecule has 0 heteroatoms. The molecule has 2 aromatic carbocycles. The zero-order valence-electron chi connectivity index (χ0n) is 17.0. The Hall–Kier alpha value is -2.08.